The standard InChI is InChI=1S/C16H19NOS/c1-4-15(18)14-8-7-13(10-17-14)19-16-9-11(2)5-6-12(16)3/h5-10,15,18H,4H2,1-3H3. The maximum absolute atomic E-state index is 9.72. The molecule has 19 heavy (non-hydrogen) atoms. The number of aryl methyl sites for hydroxylation is 2. The Morgan fingerprint density at radius 3 is 2.63 bits per heavy atom. The first-order valence-electron chi connectivity index (χ1n) is 6.49. The maximum atomic E-state index is 9.72. The van der Waals surface area contributed by atoms with Gasteiger partial charge in [0.1, 0.15) is 0 Å². The van der Waals surface area contributed by atoms with Crippen LogP contribution in [-0.4, -0.2) is 10.1 Å². The van der Waals surface area contributed by atoms with Gasteiger partial charge in [0.15, 0.2) is 0 Å². The van der Waals surface area contributed by atoms with Crippen molar-refractivity contribution in [3.05, 3.63) is 53.3 Å². The van der Waals surface area contributed by atoms with E-state index in [0.717, 1.165) is 10.6 Å². The molecule has 2 aromatic rings. The molecule has 1 atom stereocenters. The molecule has 0 amide bonds. The van der Waals surface area contributed by atoms with Crippen molar-refractivity contribution in [3.63, 3.8) is 0 Å². The molecular formula is C16H19NOS. The first kappa shape index (κ1) is 14.1. The minimum Gasteiger partial charge on any atom is -0.387 e. The van der Waals surface area contributed by atoms with E-state index in [1.807, 2.05) is 25.3 Å². The average molecular weight is 273 g/mol. The Labute approximate surface area is 118 Å². The van der Waals surface area contributed by atoms with Crippen LogP contribution in [0.3, 0.4) is 0 Å². The summed E-state index contributed by atoms with van der Waals surface area (Å²) in [6, 6.07) is 10.4. The minimum absolute atomic E-state index is 0.459. The molecule has 1 unspecified atom stereocenters. The quantitative estimate of drug-likeness (QED) is 0.902. The second kappa shape index (κ2) is 6.22. The molecule has 0 aliphatic carbocycles. The van der Waals surface area contributed by atoms with Gasteiger partial charge in [-0.3, -0.25) is 4.98 Å². The van der Waals surface area contributed by atoms with Gasteiger partial charge in [-0.25, -0.2) is 0 Å². The third kappa shape index (κ3) is 3.58. The molecular weight excluding hydrogens is 254 g/mol. The van der Waals surface area contributed by atoms with E-state index in [1.54, 1.807) is 11.8 Å². The number of nitrogens with zero attached hydrogens (tertiary/aromatic N) is 1. The van der Waals surface area contributed by atoms with Crippen molar-refractivity contribution in [2.75, 3.05) is 0 Å². The molecule has 1 heterocycles. The number of benzene rings is 1. The largest absolute Gasteiger partial charge is 0.387 e. The number of aromatic nitrogens is 1. The van der Waals surface area contributed by atoms with Gasteiger partial charge in [-0.2, -0.15) is 0 Å². The third-order valence-corrected chi connectivity index (χ3v) is 4.20. The number of hydrogen-bond acceptors (Lipinski definition) is 3. The summed E-state index contributed by atoms with van der Waals surface area (Å²) in [6.07, 6.45) is 2.07. The maximum Gasteiger partial charge on any atom is 0.0957 e. The summed E-state index contributed by atoms with van der Waals surface area (Å²) in [5, 5.41) is 9.72. The molecule has 0 aliphatic rings. The Bertz CT molecular complexity index is 551. The molecule has 100 valence electrons. The fourth-order valence-corrected chi connectivity index (χ4v) is 2.77. The fraction of sp³-hybridized carbons (Fsp3) is 0.312. The number of aliphatic hydroxyl groups is 1. The molecule has 0 aliphatic heterocycles. The van der Waals surface area contributed by atoms with Crippen molar-refractivity contribution in [1.82, 2.24) is 4.98 Å². The van der Waals surface area contributed by atoms with Gasteiger partial charge in [0.05, 0.1) is 11.8 Å². The highest BCUT2D eigenvalue weighted by Crippen LogP contribution is 2.31. The summed E-state index contributed by atoms with van der Waals surface area (Å²) in [4.78, 5) is 6.68. The molecule has 1 N–H and O–H groups in total. The van der Waals surface area contributed by atoms with E-state index in [1.165, 1.54) is 16.0 Å². The highest BCUT2D eigenvalue weighted by molar-refractivity contribution is 7.99. The van der Waals surface area contributed by atoms with E-state index in [0.29, 0.717) is 6.42 Å². The molecule has 1 aromatic heterocycles. The van der Waals surface area contributed by atoms with Crippen molar-refractivity contribution < 1.29 is 5.11 Å². The van der Waals surface area contributed by atoms with Crippen LogP contribution in [0.5, 0.6) is 0 Å². The van der Waals surface area contributed by atoms with Gasteiger partial charge in [-0.05, 0) is 49.6 Å². The van der Waals surface area contributed by atoms with E-state index in [9.17, 15) is 5.11 Å². The zero-order valence-corrected chi connectivity index (χ0v) is 12.4. The van der Waals surface area contributed by atoms with Gasteiger partial charge in [-0.1, -0.05) is 30.8 Å². The lowest BCUT2D eigenvalue weighted by atomic mass is 10.2. The van der Waals surface area contributed by atoms with Crippen LogP contribution in [0.2, 0.25) is 0 Å². The number of pyridine rings is 1. The van der Waals surface area contributed by atoms with Gasteiger partial charge in [0, 0.05) is 16.0 Å². The van der Waals surface area contributed by atoms with Gasteiger partial charge < -0.3 is 5.11 Å². The van der Waals surface area contributed by atoms with E-state index in [4.69, 9.17) is 0 Å². The molecule has 0 radical (unpaired) electrons. The van der Waals surface area contributed by atoms with Crippen LogP contribution in [0.4, 0.5) is 0 Å². The van der Waals surface area contributed by atoms with Crippen LogP contribution in [0.25, 0.3) is 0 Å². The summed E-state index contributed by atoms with van der Waals surface area (Å²) < 4.78 is 0. The molecule has 0 saturated carbocycles. The zero-order chi connectivity index (χ0) is 13.8. The third-order valence-electron chi connectivity index (χ3n) is 3.06. The molecule has 2 nitrogen and oxygen atoms in total. The Kier molecular flexibility index (Phi) is 4.61. The van der Waals surface area contributed by atoms with Crippen LogP contribution in [-0.2, 0) is 0 Å². The van der Waals surface area contributed by atoms with Crippen molar-refractivity contribution >= 4 is 11.8 Å². The minimum atomic E-state index is -0.459. The average Bonchev–Trinajstić information content (AvgIpc) is 2.43. The summed E-state index contributed by atoms with van der Waals surface area (Å²) in [5.41, 5.74) is 3.28. The Hall–Kier alpha value is -1.32. The summed E-state index contributed by atoms with van der Waals surface area (Å²) >= 11 is 1.71. The second-order valence-corrected chi connectivity index (χ2v) is 5.83. The molecule has 0 spiro atoms. The van der Waals surface area contributed by atoms with Gasteiger partial charge in [-0.15, -0.1) is 0 Å². The van der Waals surface area contributed by atoms with Crippen molar-refractivity contribution in [2.24, 2.45) is 0 Å². The van der Waals surface area contributed by atoms with Crippen molar-refractivity contribution in [2.45, 2.75) is 43.1 Å². The van der Waals surface area contributed by atoms with Crippen molar-refractivity contribution in [3.8, 4) is 0 Å². The first-order chi connectivity index (χ1) is 9.10. The van der Waals surface area contributed by atoms with Gasteiger partial charge >= 0.3 is 0 Å². The predicted octanol–water partition coefficient (Wildman–Crippen LogP) is 4.29. The molecule has 2 rings (SSSR count). The Balaban J connectivity index is 2.17. The lowest BCUT2D eigenvalue weighted by Gasteiger charge is -2.09. The van der Waals surface area contributed by atoms with Crippen LogP contribution in [0.1, 0.15) is 36.3 Å². The smallest absolute Gasteiger partial charge is 0.0957 e. The molecule has 3 heteroatoms. The van der Waals surface area contributed by atoms with E-state index in [-0.39, 0.29) is 0 Å². The Morgan fingerprint density at radius 2 is 2.00 bits per heavy atom. The van der Waals surface area contributed by atoms with Crippen LogP contribution < -0.4 is 0 Å². The van der Waals surface area contributed by atoms with Gasteiger partial charge in [0.2, 0.25) is 0 Å². The molecule has 0 fully saturated rings. The summed E-state index contributed by atoms with van der Waals surface area (Å²) in [5.74, 6) is 0. The lowest BCUT2D eigenvalue weighted by molar-refractivity contribution is 0.169. The normalized spacial score (nSPS) is 12.4. The highest BCUT2D eigenvalue weighted by Gasteiger charge is 2.07. The SMILES string of the molecule is CCC(O)c1ccc(Sc2cc(C)ccc2C)cn1. The zero-order valence-electron chi connectivity index (χ0n) is 11.6. The number of aliphatic hydroxyl groups excluding tert-OH is 1. The lowest BCUT2D eigenvalue weighted by Crippen LogP contribution is -1.97. The van der Waals surface area contributed by atoms with Crippen LogP contribution in [0, 0.1) is 13.8 Å². The predicted molar refractivity (Wildman–Crippen MR) is 79.5 cm³/mol. The van der Waals surface area contributed by atoms with Crippen LogP contribution in [0.15, 0.2) is 46.3 Å². The second-order valence-electron chi connectivity index (χ2n) is 4.71. The van der Waals surface area contributed by atoms with Crippen molar-refractivity contribution in [1.29, 1.82) is 0 Å². The summed E-state index contributed by atoms with van der Waals surface area (Å²) in [6.45, 7) is 6.16. The number of hydrogen-bond donors (Lipinski definition) is 1. The monoisotopic (exact) mass is 273 g/mol. The van der Waals surface area contributed by atoms with Gasteiger partial charge in [0.25, 0.3) is 0 Å². The molecule has 1 aromatic carbocycles. The van der Waals surface area contributed by atoms with Crippen LogP contribution >= 0.6 is 11.8 Å². The topological polar surface area (TPSA) is 33.1 Å². The van der Waals surface area contributed by atoms with E-state index >= 15 is 0 Å². The Morgan fingerprint density at radius 1 is 1.21 bits per heavy atom. The van der Waals surface area contributed by atoms with E-state index in [2.05, 4.69) is 37.0 Å². The molecule has 0 saturated heterocycles. The summed E-state index contributed by atoms with van der Waals surface area (Å²) in [7, 11) is 0. The number of rotatable bonds is 4. The molecule has 0 bridgehead atoms. The first-order valence-corrected chi connectivity index (χ1v) is 7.31. The van der Waals surface area contributed by atoms with E-state index < -0.39 is 6.10 Å². The fourth-order valence-electron chi connectivity index (χ4n) is 1.80. The highest BCUT2D eigenvalue weighted by atomic mass is 32.2.